The van der Waals surface area contributed by atoms with Crippen LogP contribution < -0.4 is 21.1 Å². The molecule has 0 aliphatic carbocycles. The van der Waals surface area contributed by atoms with Crippen LogP contribution in [0.4, 0.5) is 0 Å². The number of hydrogen-bond donors (Lipinski definition) is 6. The summed E-state index contributed by atoms with van der Waals surface area (Å²) in [4.78, 5) is 36.9. The van der Waals surface area contributed by atoms with Crippen molar-refractivity contribution in [1.29, 1.82) is 0 Å². The van der Waals surface area contributed by atoms with Crippen LogP contribution in [0, 0.1) is 0 Å². The van der Waals surface area contributed by atoms with Crippen LogP contribution in [0.25, 0.3) is 0 Å². The van der Waals surface area contributed by atoms with Gasteiger partial charge in [-0.05, 0) is 48.7 Å². The first-order chi connectivity index (χ1) is 15.1. The van der Waals surface area contributed by atoms with Crippen LogP contribution in [0.2, 0.25) is 0 Å². The van der Waals surface area contributed by atoms with Crippen LogP contribution in [0.1, 0.15) is 18.1 Å². The average molecular weight is 443 g/mol. The topological polar surface area (TPSA) is 171 Å². The molecule has 0 fully saturated rings. The molecule has 32 heavy (non-hydrogen) atoms. The monoisotopic (exact) mass is 443 g/mol. The van der Waals surface area contributed by atoms with Gasteiger partial charge < -0.3 is 36.4 Å². The summed E-state index contributed by atoms with van der Waals surface area (Å²) in [6, 6.07) is 7.28. The van der Waals surface area contributed by atoms with Gasteiger partial charge in [-0.2, -0.15) is 0 Å². The first-order valence-electron chi connectivity index (χ1n) is 10.00. The fourth-order valence-corrected chi connectivity index (χ4v) is 3.30. The van der Waals surface area contributed by atoms with E-state index in [-0.39, 0.29) is 24.3 Å². The maximum Gasteiger partial charge on any atom is 0.326 e. The number of carbonyl (C=O) groups is 3. The van der Waals surface area contributed by atoms with Gasteiger partial charge in [0.1, 0.15) is 17.8 Å². The molecule has 2 heterocycles. The number of phenols is 1. The van der Waals surface area contributed by atoms with Gasteiger partial charge in [0, 0.05) is 6.42 Å². The Morgan fingerprint density at radius 3 is 2.34 bits per heavy atom. The molecule has 0 aromatic heterocycles. The highest BCUT2D eigenvalue weighted by Gasteiger charge is 2.31. The lowest BCUT2D eigenvalue weighted by molar-refractivity contribution is -0.142. The van der Waals surface area contributed by atoms with Gasteiger partial charge in [-0.25, -0.2) is 4.79 Å². The van der Waals surface area contributed by atoms with Crippen molar-refractivity contribution in [2.45, 2.75) is 44.0 Å². The molecule has 4 bridgehead atoms. The van der Waals surface area contributed by atoms with Gasteiger partial charge in [0.25, 0.3) is 0 Å². The van der Waals surface area contributed by atoms with Crippen LogP contribution >= 0.6 is 0 Å². The van der Waals surface area contributed by atoms with Crippen LogP contribution in [0.15, 0.2) is 42.5 Å². The van der Waals surface area contributed by atoms with Gasteiger partial charge in [0.15, 0.2) is 11.5 Å². The summed E-state index contributed by atoms with van der Waals surface area (Å²) >= 11 is 0. The van der Waals surface area contributed by atoms with Crippen molar-refractivity contribution in [1.82, 2.24) is 10.6 Å². The summed E-state index contributed by atoms with van der Waals surface area (Å²) in [6.45, 7) is 1.30. The van der Waals surface area contributed by atoms with Gasteiger partial charge in [-0.15, -0.1) is 0 Å². The Bertz CT molecular complexity index is 1010. The minimum atomic E-state index is -1.40. The normalized spacial score (nSPS) is 22.8. The second-order valence-electron chi connectivity index (χ2n) is 7.69. The van der Waals surface area contributed by atoms with E-state index < -0.39 is 42.0 Å². The standard InChI is InChI=1S/C22H25N3O7/c1-11(26)19-21(29)24-16(22(30)31)9-12-2-5-14(6-3-12)32-18-10-13(4-7-17(18)27)8-15(23)20(28)25-19/h2-7,10-11,15-16,19,26-27H,8-9,23H2,1H3,(H,24,29)(H,25,28)(H,30,31)/t11-,15-,16-,19-/m0/s1. The lowest BCUT2D eigenvalue weighted by atomic mass is 10.0. The smallest absolute Gasteiger partial charge is 0.326 e. The van der Waals surface area contributed by atoms with Gasteiger partial charge >= 0.3 is 5.97 Å². The third-order valence-electron chi connectivity index (χ3n) is 5.08. The average Bonchev–Trinajstić information content (AvgIpc) is 2.74. The Labute approximate surface area is 184 Å². The number of fused-ring (bicyclic) bond motifs is 10. The number of ether oxygens (including phenoxy) is 1. The zero-order chi connectivity index (χ0) is 23.4. The van der Waals surface area contributed by atoms with Crippen LogP contribution in [0.5, 0.6) is 17.2 Å². The molecule has 4 rings (SSSR count). The summed E-state index contributed by atoms with van der Waals surface area (Å²) < 4.78 is 5.72. The number of aliphatic hydroxyl groups excluding tert-OH is 1. The maximum absolute atomic E-state index is 12.7. The number of nitrogens with two attached hydrogens (primary N) is 1. The third-order valence-corrected chi connectivity index (χ3v) is 5.08. The van der Waals surface area contributed by atoms with Crippen molar-refractivity contribution in [3.63, 3.8) is 0 Å². The van der Waals surface area contributed by atoms with E-state index in [2.05, 4.69) is 10.6 Å². The number of phenolic OH excluding ortho intramolecular Hbond substituents is 1. The molecule has 10 heteroatoms. The van der Waals surface area contributed by atoms with E-state index in [1.165, 1.54) is 13.0 Å². The van der Waals surface area contributed by atoms with Crippen molar-refractivity contribution >= 4 is 17.8 Å². The van der Waals surface area contributed by atoms with Gasteiger partial charge in [0.05, 0.1) is 12.1 Å². The van der Waals surface area contributed by atoms with Crippen LogP contribution in [-0.2, 0) is 27.2 Å². The zero-order valence-electron chi connectivity index (χ0n) is 17.3. The summed E-state index contributed by atoms with van der Waals surface area (Å²) in [7, 11) is 0. The van der Waals surface area contributed by atoms with Crippen molar-refractivity contribution in [3.05, 3.63) is 53.6 Å². The minimum absolute atomic E-state index is 0.0396. The Hall–Kier alpha value is -3.63. The van der Waals surface area contributed by atoms with Crippen molar-refractivity contribution in [3.8, 4) is 17.2 Å². The quantitative estimate of drug-likeness (QED) is 0.378. The molecule has 0 saturated carbocycles. The number of amides is 2. The second-order valence-corrected chi connectivity index (χ2v) is 7.69. The van der Waals surface area contributed by atoms with E-state index in [1.807, 2.05) is 0 Å². The highest BCUT2D eigenvalue weighted by molar-refractivity contribution is 5.92. The molecule has 7 N–H and O–H groups in total. The Morgan fingerprint density at radius 1 is 1.06 bits per heavy atom. The highest BCUT2D eigenvalue weighted by atomic mass is 16.5. The second kappa shape index (κ2) is 9.67. The van der Waals surface area contributed by atoms with E-state index in [1.54, 1.807) is 36.4 Å². The van der Waals surface area contributed by atoms with E-state index in [4.69, 9.17) is 10.5 Å². The summed E-state index contributed by atoms with van der Waals surface area (Å²) in [5, 5.41) is 34.4. The molecule has 2 amide bonds. The molecule has 0 radical (unpaired) electrons. The number of benzene rings is 2. The lowest BCUT2D eigenvalue weighted by Gasteiger charge is -2.24. The number of hydrogen-bond acceptors (Lipinski definition) is 7. The SMILES string of the molecule is C[C@H](O)[C@@H]1NC(=O)[C@@H](N)Cc2ccc(O)c(c2)Oc2ccc(cc2)C[C@@H](C(=O)O)NC1=O. The Kier molecular flexibility index (Phi) is 6.96. The summed E-state index contributed by atoms with van der Waals surface area (Å²) in [5.41, 5.74) is 7.18. The van der Waals surface area contributed by atoms with E-state index in [9.17, 15) is 29.7 Å². The number of rotatable bonds is 2. The van der Waals surface area contributed by atoms with Gasteiger partial charge in [-0.3, -0.25) is 9.59 Å². The number of carboxylic acids is 1. The van der Waals surface area contributed by atoms with E-state index >= 15 is 0 Å². The predicted molar refractivity (Wildman–Crippen MR) is 113 cm³/mol. The molecule has 0 saturated heterocycles. The molecule has 2 aromatic rings. The van der Waals surface area contributed by atoms with Crippen molar-refractivity contribution in [2.24, 2.45) is 5.73 Å². The first-order valence-corrected chi connectivity index (χ1v) is 10.00. The third kappa shape index (κ3) is 5.54. The van der Waals surface area contributed by atoms with Crippen LogP contribution in [0.3, 0.4) is 0 Å². The van der Waals surface area contributed by atoms with Gasteiger partial charge in [-0.1, -0.05) is 18.2 Å². The molecule has 0 spiro atoms. The number of carbonyl (C=O) groups excluding carboxylic acids is 2. The zero-order valence-corrected chi connectivity index (χ0v) is 17.3. The predicted octanol–water partition coefficient (Wildman–Crippen LogP) is 0.0454. The number of aliphatic carboxylic acids is 1. The molecular weight excluding hydrogens is 418 g/mol. The minimum Gasteiger partial charge on any atom is -0.504 e. The molecular formula is C22H25N3O7. The molecule has 2 aliphatic rings. The summed E-state index contributed by atoms with van der Waals surface area (Å²) in [6.07, 6.45) is -1.27. The Balaban J connectivity index is 1.99. The fraction of sp³-hybridized carbons (Fsp3) is 0.318. The van der Waals surface area contributed by atoms with Crippen LogP contribution in [-0.4, -0.2) is 57.3 Å². The summed E-state index contributed by atoms with van der Waals surface area (Å²) in [5.74, 6) is -2.37. The first kappa shape index (κ1) is 23.0. The van der Waals surface area contributed by atoms with Crippen molar-refractivity contribution < 1.29 is 34.4 Å². The van der Waals surface area contributed by atoms with E-state index in [0.29, 0.717) is 16.9 Å². The maximum atomic E-state index is 12.7. The molecule has 2 aliphatic heterocycles. The lowest BCUT2D eigenvalue weighted by Crippen LogP contribution is -2.58. The largest absolute Gasteiger partial charge is 0.504 e. The molecule has 2 aromatic carbocycles. The molecule has 0 unspecified atom stereocenters. The number of aromatic hydroxyl groups is 1. The number of carboxylic acid groups (broad SMARTS) is 1. The molecule has 170 valence electrons. The number of nitrogens with one attached hydrogen (secondary N) is 2. The Morgan fingerprint density at radius 2 is 1.72 bits per heavy atom. The van der Waals surface area contributed by atoms with Crippen molar-refractivity contribution in [2.75, 3.05) is 0 Å². The molecule has 4 atom stereocenters. The van der Waals surface area contributed by atoms with Gasteiger partial charge in [0.2, 0.25) is 11.8 Å². The van der Waals surface area contributed by atoms with E-state index in [0.717, 1.165) is 0 Å². The number of aliphatic hydroxyl groups is 1. The fourth-order valence-electron chi connectivity index (χ4n) is 3.30. The highest BCUT2D eigenvalue weighted by Crippen LogP contribution is 2.32. The molecule has 10 nitrogen and oxygen atoms in total.